The number of esters is 1. The maximum atomic E-state index is 11.2. The molecule has 2 unspecified atom stereocenters. The maximum Gasteiger partial charge on any atom is 0.305 e. The molecule has 21 heavy (non-hydrogen) atoms. The molecule has 0 aliphatic rings. The predicted octanol–water partition coefficient (Wildman–Crippen LogP) is 1.89. The Morgan fingerprint density at radius 3 is 2.52 bits per heavy atom. The molecule has 0 radical (unpaired) electrons. The number of benzene rings is 1. The molecular weight excluding hydrogens is 270 g/mol. The normalized spacial score (nSPS) is 13.7. The fraction of sp³-hybridized carbons (Fsp3) is 0.562. The Labute approximate surface area is 126 Å². The highest BCUT2D eigenvalue weighted by Gasteiger charge is 2.13. The molecule has 0 fully saturated rings. The minimum absolute atomic E-state index is 0.0297. The van der Waals surface area contributed by atoms with Crippen molar-refractivity contribution < 1.29 is 19.0 Å². The lowest BCUT2D eigenvalue weighted by atomic mass is 10.2. The average molecular weight is 295 g/mol. The smallest absolute Gasteiger partial charge is 0.305 e. The largest absolute Gasteiger partial charge is 0.463 e. The minimum Gasteiger partial charge on any atom is -0.463 e. The van der Waals surface area contributed by atoms with Crippen LogP contribution in [-0.4, -0.2) is 37.9 Å². The number of hydrogen-bond donors (Lipinski definition) is 1. The monoisotopic (exact) mass is 295 g/mol. The molecule has 2 N–H and O–H groups in total. The molecule has 2 atom stereocenters. The molecule has 0 saturated carbocycles. The molecule has 5 nitrogen and oxygen atoms in total. The third-order valence-corrected chi connectivity index (χ3v) is 2.73. The van der Waals surface area contributed by atoms with Crippen molar-refractivity contribution in [2.75, 3.05) is 19.8 Å². The molecule has 0 aliphatic heterocycles. The zero-order valence-electron chi connectivity index (χ0n) is 12.8. The topological polar surface area (TPSA) is 70.8 Å². The van der Waals surface area contributed by atoms with Gasteiger partial charge in [-0.05, 0) is 12.5 Å². The number of rotatable bonds is 10. The second kappa shape index (κ2) is 10.3. The Kier molecular flexibility index (Phi) is 8.66. The fourth-order valence-electron chi connectivity index (χ4n) is 1.61. The molecule has 0 heterocycles. The van der Waals surface area contributed by atoms with Gasteiger partial charge < -0.3 is 19.9 Å². The second-order valence-corrected chi connectivity index (χ2v) is 4.97. The van der Waals surface area contributed by atoms with Gasteiger partial charge in [0, 0.05) is 12.5 Å². The summed E-state index contributed by atoms with van der Waals surface area (Å²) < 4.78 is 16.4. The second-order valence-electron chi connectivity index (χ2n) is 4.97. The van der Waals surface area contributed by atoms with Crippen LogP contribution in [-0.2, 0) is 25.6 Å². The van der Waals surface area contributed by atoms with E-state index in [1.165, 1.54) is 0 Å². The molecular formula is C16H25NO4. The SMILES string of the molecule is CCC(=O)OCC(COCC(C)N)OCc1ccccc1. The van der Waals surface area contributed by atoms with Crippen molar-refractivity contribution in [3.8, 4) is 0 Å². The van der Waals surface area contributed by atoms with Crippen molar-refractivity contribution in [2.24, 2.45) is 5.73 Å². The summed E-state index contributed by atoms with van der Waals surface area (Å²) >= 11 is 0. The highest BCUT2D eigenvalue weighted by molar-refractivity contribution is 5.68. The van der Waals surface area contributed by atoms with E-state index in [1.54, 1.807) is 6.92 Å². The summed E-state index contributed by atoms with van der Waals surface area (Å²) in [6, 6.07) is 9.80. The van der Waals surface area contributed by atoms with E-state index in [0.29, 0.717) is 26.2 Å². The molecule has 0 aromatic heterocycles. The molecule has 1 rings (SSSR count). The van der Waals surface area contributed by atoms with Gasteiger partial charge in [-0.15, -0.1) is 0 Å². The molecule has 0 saturated heterocycles. The summed E-state index contributed by atoms with van der Waals surface area (Å²) in [5.41, 5.74) is 6.70. The first-order valence-corrected chi connectivity index (χ1v) is 7.26. The van der Waals surface area contributed by atoms with Gasteiger partial charge in [-0.3, -0.25) is 4.79 Å². The third-order valence-electron chi connectivity index (χ3n) is 2.73. The van der Waals surface area contributed by atoms with Gasteiger partial charge in [-0.2, -0.15) is 0 Å². The Hall–Kier alpha value is -1.43. The van der Waals surface area contributed by atoms with Crippen LogP contribution in [0.15, 0.2) is 30.3 Å². The molecule has 0 spiro atoms. The molecule has 118 valence electrons. The first kappa shape index (κ1) is 17.6. The number of ether oxygens (including phenoxy) is 3. The van der Waals surface area contributed by atoms with E-state index >= 15 is 0 Å². The fourth-order valence-corrected chi connectivity index (χ4v) is 1.61. The number of nitrogens with two attached hydrogens (primary N) is 1. The van der Waals surface area contributed by atoms with E-state index in [4.69, 9.17) is 19.9 Å². The van der Waals surface area contributed by atoms with Crippen LogP contribution in [0.1, 0.15) is 25.8 Å². The Balaban J connectivity index is 2.40. The summed E-state index contributed by atoms with van der Waals surface area (Å²) in [7, 11) is 0. The average Bonchev–Trinajstić information content (AvgIpc) is 2.49. The van der Waals surface area contributed by atoms with Crippen molar-refractivity contribution in [3.05, 3.63) is 35.9 Å². The van der Waals surface area contributed by atoms with Crippen molar-refractivity contribution in [1.29, 1.82) is 0 Å². The Bertz CT molecular complexity index is 395. The molecule has 1 aromatic rings. The molecule has 0 aliphatic carbocycles. The standard InChI is InChI=1S/C16H25NO4/c1-3-16(18)21-12-15(11-19-9-13(2)17)20-10-14-7-5-4-6-8-14/h4-8,13,15H,3,9-12,17H2,1-2H3. The molecule has 0 bridgehead atoms. The van der Waals surface area contributed by atoms with Crippen LogP contribution in [0.5, 0.6) is 0 Å². The third kappa shape index (κ3) is 8.45. The zero-order valence-corrected chi connectivity index (χ0v) is 12.8. The lowest BCUT2D eigenvalue weighted by Gasteiger charge is -2.19. The van der Waals surface area contributed by atoms with Crippen LogP contribution in [0.3, 0.4) is 0 Å². The van der Waals surface area contributed by atoms with Gasteiger partial charge >= 0.3 is 5.97 Å². The summed E-state index contributed by atoms with van der Waals surface area (Å²) in [6.07, 6.45) is 0.0611. The van der Waals surface area contributed by atoms with Gasteiger partial charge in [0.2, 0.25) is 0 Å². The lowest BCUT2D eigenvalue weighted by molar-refractivity contribution is -0.150. The van der Waals surface area contributed by atoms with Gasteiger partial charge in [0.05, 0.1) is 19.8 Å². The van der Waals surface area contributed by atoms with Crippen LogP contribution in [0.2, 0.25) is 0 Å². The van der Waals surface area contributed by atoms with Crippen molar-refractivity contribution in [3.63, 3.8) is 0 Å². The molecule has 5 heteroatoms. The van der Waals surface area contributed by atoms with Crippen LogP contribution < -0.4 is 5.73 Å². The first-order chi connectivity index (χ1) is 10.1. The summed E-state index contributed by atoms with van der Waals surface area (Å²) in [4.78, 5) is 11.2. The van der Waals surface area contributed by atoms with E-state index in [-0.39, 0.29) is 24.7 Å². The van der Waals surface area contributed by atoms with E-state index in [2.05, 4.69) is 0 Å². The highest BCUT2D eigenvalue weighted by Crippen LogP contribution is 2.05. The lowest BCUT2D eigenvalue weighted by Crippen LogP contribution is -2.30. The van der Waals surface area contributed by atoms with E-state index in [1.807, 2.05) is 37.3 Å². The van der Waals surface area contributed by atoms with Crippen LogP contribution >= 0.6 is 0 Å². The quantitative estimate of drug-likeness (QED) is 0.667. The first-order valence-electron chi connectivity index (χ1n) is 7.26. The molecule has 0 amide bonds. The van der Waals surface area contributed by atoms with Gasteiger partial charge in [0.1, 0.15) is 12.7 Å². The van der Waals surface area contributed by atoms with Gasteiger partial charge in [-0.1, -0.05) is 37.3 Å². The number of carbonyl (C=O) groups is 1. The highest BCUT2D eigenvalue weighted by atomic mass is 16.6. The summed E-state index contributed by atoms with van der Waals surface area (Å²) in [5.74, 6) is -0.240. The van der Waals surface area contributed by atoms with Gasteiger partial charge in [0.25, 0.3) is 0 Å². The number of carbonyl (C=O) groups excluding carboxylic acids is 1. The van der Waals surface area contributed by atoms with Crippen LogP contribution in [0.4, 0.5) is 0 Å². The van der Waals surface area contributed by atoms with Crippen molar-refractivity contribution in [2.45, 2.75) is 39.0 Å². The maximum absolute atomic E-state index is 11.2. The Morgan fingerprint density at radius 2 is 1.90 bits per heavy atom. The van der Waals surface area contributed by atoms with Gasteiger partial charge in [0.15, 0.2) is 0 Å². The van der Waals surface area contributed by atoms with Crippen LogP contribution in [0.25, 0.3) is 0 Å². The van der Waals surface area contributed by atoms with Gasteiger partial charge in [-0.25, -0.2) is 0 Å². The predicted molar refractivity (Wildman–Crippen MR) is 80.7 cm³/mol. The summed E-state index contributed by atoms with van der Waals surface area (Å²) in [5, 5.41) is 0. The van der Waals surface area contributed by atoms with E-state index < -0.39 is 0 Å². The van der Waals surface area contributed by atoms with E-state index in [0.717, 1.165) is 5.56 Å². The Morgan fingerprint density at radius 1 is 1.19 bits per heavy atom. The number of hydrogen-bond acceptors (Lipinski definition) is 5. The van der Waals surface area contributed by atoms with Crippen molar-refractivity contribution >= 4 is 5.97 Å². The summed E-state index contributed by atoms with van der Waals surface area (Å²) in [6.45, 7) is 5.08. The zero-order chi connectivity index (χ0) is 15.5. The minimum atomic E-state index is -0.292. The van der Waals surface area contributed by atoms with Crippen LogP contribution in [0, 0.1) is 0 Å². The van der Waals surface area contributed by atoms with Crippen molar-refractivity contribution in [1.82, 2.24) is 0 Å². The molecule has 1 aromatic carbocycles. The van der Waals surface area contributed by atoms with E-state index in [9.17, 15) is 4.79 Å².